The summed E-state index contributed by atoms with van der Waals surface area (Å²) in [6.45, 7) is 0.357. The minimum atomic E-state index is -0.605. The molecule has 2 heterocycles. The first-order valence-corrected chi connectivity index (χ1v) is 6.89. The summed E-state index contributed by atoms with van der Waals surface area (Å²) < 4.78 is 13.3. The Morgan fingerprint density at radius 2 is 2.09 bits per heavy atom. The van der Waals surface area contributed by atoms with Gasteiger partial charge in [-0.2, -0.15) is 0 Å². The highest BCUT2D eigenvalue weighted by atomic mass is 19.1. The molecular weight excluding hydrogens is 285 g/mol. The van der Waals surface area contributed by atoms with Gasteiger partial charge in [0.2, 0.25) is 11.8 Å². The van der Waals surface area contributed by atoms with Gasteiger partial charge >= 0.3 is 0 Å². The van der Waals surface area contributed by atoms with Crippen LogP contribution in [-0.2, 0) is 16.1 Å². The molecule has 0 saturated heterocycles. The second-order valence-corrected chi connectivity index (χ2v) is 5.11. The molecule has 0 bridgehead atoms. The first-order valence-electron chi connectivity index (χ1n) is 6.89. The number of nitrogens with zero attached hydrogens (tertiary/aromatic N) is 1. The molecule has 3 rings (SSSR count). The Labute approximate surface area is 126 Å². The van der Waals surface area contributed by atoms with Gasteiger partial charge in [-0.1, -0.05) is 6.07 Å². The lowest BCUT2D eigenvalue weighted by Crippen LogP contribution is -2.34. The zero-order valence-corrected chi connectivity index (χ0v) is 11.7. The maximum atomic E-state index is 13.3. The lowest BCUT2D eigenvalue weighted by molar-refractivity contribution is -0.126. The molecule has 112 valence electrons. The Morgan fingerprint density at radius 1 is 1.32 bits per heavy atom. The SMILES string of the molecule is O=C1C[C@@H](C(=O)NCc2ccncc2)c2ccc(F)cc2N1. The fraction of sp³-hybridized carbons (Fsp3) is 0.188. The lowest BCUT2D eigenvalue weighted by Gasteiger charge is -2.24. The van der Waals surface area contributed by atoms with Crippen molar-refractivity contribution in [1.29, 1.82) is 0 Å². The Hall–Kier alpha value is -2.76. The number of rotatable bonds is 3. The van der Waals surface area contributed by atoms with Gasteiger partial charge in [-0.25, -0.2) is 4.39 Å². The number of hydrogen-bond acceptors (Lipinski definition) is 3. The van der Waals surface area contributed by atoms with Crippen molar-refractivity contribution in [2.75, 3.05) is 5.32 Å². The zero-order chi connectivity index (χ0) is 15.5. The van der Waals surface area contributed by atoms with Crippen LogP contribution in [-0.4, -0.2) is 16.8 Å². The standard InChI is InChI=1S/C16H14FN3O2/c17-11-1-2-12-13(8-15(21)20-14(12)7-11)16(22)19-9-10-3-5-18-6-4-10/h1-7,13H,8-9H2,(H,19,22)(H,20,21)/t13-/m1/s1. The summed E-state index contributed by atoms with van der Waals surface area (Å²) in [5, 5.41) is 5.40. The summed E-state index contributed by atoms with van der Waals surface area (Å²) in [5.74, 6) is -1.59. The fourth-order valence-electron chi connectivity index (χ4n) is 2.48. The third-order valence-corrected chi connectivity index (χ3v) is 3.59. The summed E-state index contributed by atoms with van der Waals surface area (Å²) >= 11 is 0. The van der Waals surface area contributed by atoms with Gasteiger partial charge in [-0.3, -0.25) is 14.6 Å². The monoisotopic (exact) mass is 299 g/mol. The topological polar surface area (TPSA) is 71.1 Å². The van der Waals surface area contributed by atoms with Crippen LogP contribution >= 0.6 is 0 Å². The van der Waals surface area contributed by atoms with Crippen LogP contribution in [0.15, 0.2) is 42.7 Å². The van der Waals surface area contributed by atoms with Crippen molar-refractivity contribution in [3.8, 4) is 0 Å². The Bertz CT molecular complexity index is 719. The molecule has 1 aliphatic rings. The van der Waals surface area contributed by atoms with E-state index in [0.29, 0.717) is 17.8 Å². The van der Waals surface area contributed by atoms with Gasteiger partial charge in [0.15, 0.2) is 0 Å². The van der Waals surface area contributed by atoms with Gasteiger partial charge in [0.25, 0.3) is 0 Å². The molecule has 0 saturated carbocycles. The maximum Gasteiger partial charge on any atom is 0.228 e. The first-order chi connectivity index (χ1) is 10.6. The van der Waals surface area contributed by atoms with Crippen LogP contribution in [0, 0.1) is 5.82 Å². The predicted molar refractivity (Wildman–Crippen MR) is 78.5 cm³/mol. The molecule has 0 fully saturated rings. The number of nitrogens with one attached hydrogen (secondary N) is 2. The summed E-state index contributed by atoms with van der Waals surface area (Å²) in [6.07, 6.45) is 3.35. The van der Waals surface area contributed by atoms with E-state index in [1.54, 1.807) is 30.6 Å². The van der Waals surface area contributed by atoms with E-state index in [0.717, 1.165) is 5.56 Å². The molecule has 2 amide bonds. The second kappa shape index (κ2) is 5.93. The van der Waals surface area contributed by atoms with Crippen molar-refractivity contribution in [1.82, 2.24) is 10.3 Å². The van der Waals surface area contributed by atoms with Crippen molar-refractivity contribution in [3.63, 3.8) is 0 Å². The van der Waals surface area contributed by atoms with Gasteiger partial charge in [0, 0.05) is 31.0 Å². The van der Waals surface area contributed by atoms with Crippen molar-refractivity contribution in [2.24, 2.45) is 0 Å². The van der Waals surface area contributed by atoms with Crippen molar-refractivity contribution < 1.29 is 14.0 Å². The molecule has 2 aromatic rings. The highest BCUT2D eigenvalue weighted by Crippen LogP contribution is 2.32. The molecule has 0 radical (unpaired) electrons. The molecule has 6 heteroatoms. The molecule has 1 aliphatic heterocycles. The highest BCUT2D eigenvalue weighted by molar-refractivity contribution is 6.01. The number of fused-ring (bicyclic) bond motifs is 1. The van der Waals surface area contributed by atoms with Crippen LogP contribution in [0.3, 0.4) is 0 Å². The fourth-order valence-corrected chi connectivity index (χ4v) is 2.48. The number of carbonyl (C=O) groups is 2. The summed E-state index contributed by atoms with van der Waals surface area (Å²) in [5.41, 5.74) is 1.91. The number of aromatic nitrogens is 1. The number of pyridine rings is 1. The van der Waals surface area contributed by atoms with Gasteiger partial charge in [0.05, 0.1) is 5.92 Å². The van der Waals surface area contributed by atoms with Gasteiger partial charge in [0.1, 0.15) is 5.82 Å². The van der Waals surface area contributed by atoms with Gasteiger partial charge in [-0.05, 0) is 35.4 Å². The molecule has 0 unspecified atom stereocenters. The van der Waals surface area contributed by atoms with Crippen LogP contribution in [0.5, 0.6) is 0 Å². The lowest BCUT2D eigenvalue weighted by atomic mass is 9.89. The summed E-state index contributed by atoms with van der Waals surface area (Å²) in [7, 11) is 0. The average molecular weight is 299 g/mol. The molecule has 0 aliphatic carbocycles. The number of halogens is 1. The number of benzene rings is 1. The third kappa shape index (κ3) is 2.95. The molecule has 2 N–H and O–H groups in total. The Balaban J connectivity index is 1.77. The molecule has 0 spiro atoms. The van der Waals surface area contributed by atoms with Crippen LogP contribution in [0.4, 0.5) is 10.1 Å². The molecule has 1 aromatic carbocycles. The maximum absolute atomic E-state index is 13.3. The Morgan fingerprint density at radius 3 is 2.86 bits per heavy atom. The Kier molecular flexibility index (Phi) is 3.82. The van der Waals surface area contributed by atoms with Crippen molar-refractivity contribution >= 4 is 17.5 Å². The molecule has 1 atom stereocenters. The number of amides is 2. The van der Waals surface area contributed by atoms with E-state index in [2.05, 4.69) is 15.6 Å². The molecule has 22 heavy (non-hydrogen) atoms. The minimum Gasteiger partial charge on any atom is -0.351 e. The first kappa shape index (κ1) is 14.2. The predicted octanol–water partition coefficient (Wildman–Crippen LogP) is 1.96. The van der Waals surface area contributed by atoms with Gasteiger partial charge < -0.3 is 10.6 Å². The molecule has 5 nitrogen and oxygen atoms in total. The van der Waals surface area contributed by atoms with E-state index in [1.165, 1.54) is 12.1 Å². The van der Waals surface area contributed by atoms with E-state index < -0.39 is 11.7 Å². The largest absolute Gasteiger partial charge is 0.351 e. The summed E-state index contributed by atoms with van der Waals surface area (Å²) in [4.78, 5) is 28.0. The average Bonchev–Trinajstić information content (AvgIpc) is 2.52. The number of carbonyl (C=O) groups excluding carboxylic acids is 2. The van der Waals surface area contributed by atoms with Gasteiger partial charge in [-0.15, -0.1) is 0 Å². The van der Waals surface area contributed by atoms with E-state index in [1.807, 2.05) is 0 Å². The van der Waals surface area contributed by atoms with E-state index in [-0.39, 0.29) is 18.2 Å². The number of hydrogen-bond donors (Lipinski definition) is 2. The zero-order valence-electron chi connectivity index (χ0n) is 11.7. The van der Waals surface area contributed by atoms with Crippen LogP contribution in [0.25, 0.3) is 0 Å². The van der Waals surface area contributed by atoms with Crippen LogP contribution in [0.2, 0.25) is 0 Å². The van der Waals surface area contributed by atoms with E-state index >= 15 is 0 Å². The van der Waals surface area contributed by atoms with Crippen LogP contribution < -0.4 is 10.6 Å². The van der Waals surface area contributed by atoms with Crippen molar-refractivity contribution in [2.45, 2.75) is 18.9 Å². The van der Waals surface area contributed by atoms with E-state index in [9.17, 15) is 14.0 Å². The second-order valence-electron chi connectivity index (χ2n) is 5.11. The van der Waals surface area contributed by atoms with Crippen molar-refractivity contribution in [3.05, 3.63) is 59.7 Å². The third-order valence-electron chi connectivity index (χ3n) is 3.59. The quantitative estimate of drug-likeness (QED) is 0.910. The molecular formula is C16H14FN3O2. The molecule has 1 aromatic heterocycles. The minimum absolute atomic E-state index is 0.0564. The highest BCUT2D eigenvalue weighted by Gasteiger charge is 2.30. The smallest absolute Gasteiger partial charge is 0.228 e. The van der Waals surface area contributed by atoms with Crippen LogP contribution in [0.1, 0.15) is 23.5 Å². The normalized spacial score (nSPS) is 16.6. The number of anilines is 1. The van der Waals surface area contributed by atoms with E-state index in [4.69, 9.17) is 0 Å². The summed E-state index contributed by atoms with van der Waals surface area (Å²) in [6, 6.07) is 7.67.